The molecular weight excluding hydrogens is 294 g/mol. The Hall–Kier alpha value is -0.120. The predicted octanol–water partition coefficient (Wildman–Crippen LogP) is 4.80. The number of nitrogens with one attached hydrogen (secondary N) is 1. The van der Waals surface area contributed by atoms with Crippen LogP contribution in [-0.2, 0) is 0 Å². The molecule has 0 aromatic carbocycles. The van der Waals surface area contributed by atoms with Crippen molar-refractivity contribution in [1.82, 2.24) is 5.32 Å². The zero-order valence-corrected chi connectivity index (χ0v) is 13.5. The summed E-state index contributed by atoms with van der Waals surface area (Å²) in [6, 6.07) is 2.11. The van der Waals surface area contributed by atoms with E-state index in [0.717, 1.165) is 13.1 Å². The molecule has 0 saturated heterocycles. The van der Waals surface area contributed by atoms with Crippen LogP contribution in [0.2, 0.25) is 0 Å². The van der Waals surface area contributed by atoms with Gasteiger partial charge in [0.2, 0.25) is 0 Å². The molecule has 0 atom stereocenters. The maximum atomic E-state index is 3.58. The van der Waals surface area contributed by atoms with Crippen molar-refractivity contribution >= 4 is 33.3 Å². The minimum absolute atomic E-state index is 0.587. The lowest BCUT2D eigenvalue weighted by Crippen LogP contribution is -2.23. The van der Waals surface area contributed by atoms with Crippen LogP contribution >= 0.6 is 27.3 Å². The van der Waals surface area contributed by atoms with Gasteiger partial charge in [-0.3, -0.25) is 0 Å². The minimum atomic E-state index is 0.587. The summed E-state index contributed by atoms with van der Waals surface area (Å²) in [6.45, 7) is 11.0. The molecule has 0 amide bonds. The normalized spacial score (nSPS) is 12.8. The number of hydrogen-bond acceptors (Lipinski definition) is 2. The summed E-state index contributed by atoms with van der Waals surface area (Å²) in [5.41, 5.74) is 1.47. The number of halogens is 1. The SMILES string of the molecule is CC(C)CNC/C(=C/c1sccc1Br)C(C)C. The highest BCUT2D eigenvalue weighted by molar-refractivity contribution is 9.10. The van der Waals surface area contributed by atoms with Crippen LogP contribution in [0, 0.1) is 11.8 Å². The standard InChI is InChI=1S/C14H22BrNS/c1-10(2)8-16-9-12(11(3)4)7-14-13(15)5-6-17-14/h5-7,10-11,16H,8-9H2,1-4H3/b12-7-. The summed E-state index contributed by atoms with van der Waals surface area (Å²) < 4.78 is 1.20. The lowest BCUT2D eigenvalue weighted by Gasteiger charge is -2.14. The van der Waals surface area contributed by atoms with E-state index in [9.17, 15) is 0 Å². The molecule has 1 rings (SSSR count). The van der Waals surface area contributed by atoms with E-state index in [0.29, 0.717) is 11.8 Å². The smallest absolute Gasteiger partial charge is 0.0412 e. The van der Waals surface area contributed by atoms with Crippen molar-refractivity contribution in [3.63, 3.8) is 0 Å². The van der Waals surface area contributed by atoms with Crippen molar-refractivity contribution in [2.75, 3.05) is 13.1 Å². The van der Waals surface area contributed by atoms with Crippen molar-refractivity contribution in [1.29, 1.82) is 0 Å². The summed E-state index contributed by atoms with van der Waals surface area (Å²) >= 11 is 5.36. The van der Waals surface area contributed by atoms with Gasteiger partial charge < -0.3 is 5.32 Å². The molecule has 0 aliphatic heterocycles. The fourth-order valence-electron chi connectivity index (χ4n) is 1.50. The summed E-state index contributed by atoms with van der Waals surface area (Å²) in [6.07, 6.45) is 2.31. The molecule has 1 aromatic rings. The fraction of sp³-hybridized carbons (Fsp3) is 0.571. The van der Waals surface area contributed by atoms with Gasteiger partial charge in [0.15, 0.2) is 0 Å². The van der Waals surface area contributed by atoms with Crippen molar-refractivity contribution in [2.45, 2.75) is 27.7 Å². The van der Waals surface area contributed by atoms with Gasteiger partial charge in [-0.05, 0) is 51.8 Å². The molecule has 0 fully saturated rings. The Labute approximate surface area is 117 Å². The van der Waals surface area contributed by atoms with Gasteiger partial charge >= 0.3 is 0 Å². The molecule has 0 spiro atoms. The molecule has 1 nitrogen and oxygen atoms in total. The maximum Gasteiger partial charge on any atom is 0.0412 e. The van der Waals surface area contributed by atoms with Gasteiger partial charge in [-0.2, -0.15) is 0 Å². The molecule has 1 N–H and O–H groups in total. The van der Waals surface area contributed by atoms with Crippen molar-refractivity contribution in [3.8, 4) is 0 Å². The monoisotopic (exact) mass is 315 g/mol. The lowest BCUT2D eigenvalue weighted by molar-refractivity contribution is 0.558. The second-order valence-electron chi connectivity index (χ2n) is 5.03. The molecule has 0 radical (unpaired) electrons. The van der Waals surface area contributed by atoms with Gasteiger partial charge in [-0.25, -0.2) is 0 Å². The van der Waals surface area contributed by atoms with Crippen molar-refractivity contribution in [3.05, 3.63) is 26.4 Å². The molecule has 0 bridgehead atoms. The predicted molar refractivity (Wildman–Crippen MR) is 82.5 cm³/mol. The Morgan fingerprint density at radius 2 is 2.12 bits per heavy atom. The molecule has 0 unspecified atom stereocenters. The zero-order chi connectivity index (χ0) is 12.8. The van der Waals surface area contributed by atoms with Crippen molar-refractivity contribution < 1.29 is 0 Å². The third-order valence-corrected chi connectivity index (χ3v) is 4.40. The Kier molecular flexibility index (Phi) is 6.45. The average Bonchev–Trinajstić information content (AvgIpc) is 2.62. The molecule has 17 heavy (non-hydrogen) atoms. The highest BCUT2D eigenvalue weighted by Crippen LogP contribution is 2.26. The number of hydrogen-bond donors (Lipinski definition) is 1. The van der Waals surface area contributed by atoms with E-state index in [2.05, 4.69) is 66.5 Å². The molecule has 1 heterocycles. The highest BCUT2D eigenvalue weighted by Gasteiger charge is 2.06. The summed E-state index contributed by atoms with van der Waals surface area (Å²) in [7, 11) is 0. The van der Waals surface area contributed by atoms with Crippen LogP contribution < -0.4 is 5.32 Å². The lowest BCUT2D eigenvalue weighted by atomic mass is 10.0. The van der Waals surface area contributed by atoms with Crippen LogP contribution in [0.25, 0.3) is 6.08 Å². The summed E-state index contributed by atoms with van der Waals surface area (Å²) in [4.78, 5) is 1.32. The van der Waals surface area contributed by atoms with Crippen LogP contribution in [-0.4, -0.2) is 13.1 Å². The van der Waals surface area contributed by atoms with E-state index in [4.69, 9.17) is 0 Å². The second kappa shape index (κ2) is 7.34. The molecule has 0 saturated carbocycles. The fourth-order valence-corrected chi connectivity index (χ4v) is 2.96. The van der Waals surface area contributed by atoms with Gasteiger partial charge in [-0.1, -0.05) is 33.3 Å². The van der Waals surface area contributed by atoms with Gasteiger partial charge in [0, 0.05) is 15.9 Å². The molecule has 96 valence electrons. The largest absolute Gasteiger partial charge is 0.313 e. The van der Waals surface area contributed by atoms with Gasteiger partial charge in [0.1, 0.15) is 0 Å². The molecule has 0 aliphatic rings. The first-order chi connectivity index (χ1) is 8.00. The third-order valence-electron chi connectivity index (χ3n) is 2.58. The van der Waals surface area contributed by atoms with Crippen LogP contribution in [0.5, 0.6) is 0 Å². The highest BCUT2D eigenvalue weighted by atomic mass is 79.9. The van der Waals surface area contributed by atoms with E-state index in [1.54, 1.807) is 11.3 Å². The molecule has 1 aromatic heterocycles. The first kappa shape index (κ1) is 14.9. The molecular formula is C14H22BrNS. The topological polar surface area (TPSA) is 12.0 Å². The van der Waals surface area contributed by atoms with E-state index in [-0.39, 0.29) is 0 Å². The Morgan fingerprint density at radius 1 is 1.41 bits per heavy atom. The van der Waals surface area contributed by atoms with Gasteiger partial charge in [0.05, 0.1) is 0 Å². The first-order valence-electron chi connectivity index (χ1n) is 6.15. The maximum absolute atomic E-state index is 3.58. The van der Waals surface area contributed by atoms with E-state index in [1.807, 2.05) is 0 Å². The van der Waals surface area contributed by atoms with E-state index in [1.165, 1.54) is 14.9 Å². The molecule has 3 heteroatoms. The first-order valence-corrected chi connectivity index (χ1v) is 7.82. The Morgan fingerprint density at radius 3 is 2.59 bits per heavy atom. The summed E-state index contributed by atoms with van der Waals surface area (Å²) in [5, 5.41) is 5.64. The molecule has 0 aliphatic carbocycles. The Bertz CT molecular complexity index is 366. The average molecular weight is 316 g/mol. The Balaban J connectivity index is 2.66. The summed E-state index contributed by atoms with van der Waals surface area (Å²) in [5.74, 6) is 1.29. The number of thiophene rings is 1. The van der Waals surface area contributed by atoms with Crippen LogP contribution in [0.3, 0.4) is 0 Å². The van der Waals surface area contributed by atoms with Crippen molar-refractivity contribution in [2.24, 2.45) is 11.8 Å². The van der Waals surface area contributed by atoms with Crippen LogP contribution in [0.15, 0.2) is 21.5 Å². The number of rotatable bonds is 6. The quantitative estimate of drug-likeness (QED) is 0.795. The van der Waals surface area contributed by atoms with Gasteiger partial charge in [-0.15, -0.1) is 11.3 Å². The van der Waals surface area contributed by atoms with Crippen LogP contribution in [0.4, 0.5) is 0 Å². The van der Waals surface area contributed by atoms with Crippen LogP contribution in [0.1, 0.15) is 32.6 Å². The zero-order valence-electron chi connectivity index (χ0n) is 11.1. The second-order valence-corrected chi connectivity index (χ2v) is 6.83. The minimum Gasteiger partial charge on any atom is -0.313 e. The van der Waals surface area contributed by atoms with E-state index >= 15 is 0 Å². The third kappa shape index (κ3) is 5.36. The van der Waals surface area contributed by atoms with E-state index < -0.39 is 0 Å². The van der Waals surface area contributed by atoms with Gasteiger partial charge in [0.25, 0.3) is 0 Å².